The standard InChI is InChI=1S/C14H16FN3O2S/c1-16-14-7-6-13(10-17-14)21(19,20)18-9-8-11-2-4-12(15)5-3-11/h2-7,10,18H,8-9H2,1H3,(H,16,17). The molecule has 0 fully saturated rings. The van der Waals surface area contributed by atoms with Gasteiger partial charge in [-0.15, -0.1) is 0 Å². The van der Waals surface area contributed by atoms with Gasteiger partial charge in [0.1, 0.15) is 16.5 Å². The average molecular weight is 309 g/mol. The maximum atomic E-state index is 12.8. The number of nitrogens with zero attached hydrogens (tertiary/aromatic N) is 1. The van der Waals surface area contributed by atoms with Gasteiger partial charge in [0.05, 0.1) is 0 Å². The molecule has 21 heavy (non-hydrogen) atoms. The van der Waals surface area contributed by atoms with Crippen molar-refractivity contribution < 1.29 is 12.8 Å². The summed E-state index contributed by atoms with van der Waals surface area (Å²) in [4.78, 5) is 4.08. The van der Waals surface area contributed by atoms with E-state index in [1.54, 1.807) is 25.2 Å². The van der Waals surface area contributed by atoms with Crippen molar-refractivity contribution in [3.63, 3.8) is 0 Å². The molecule has 0 saturated heterocycles. The predicted octanol–water partition coefficient (Wildman–Crippen LogP) is 1.78. The maximum Gasteiger partial charge on any atom is 0.242 e. The van der Waals surface area contributed by atoms with E-state index in [2.05, 4.69) is 15.0 Å². The van der Waals surface area contributed by atoms with Crippen LogP contribution in [0.3, 0.4) is 0 Å². The zero-order valence-electron chi connectivity index (χ0n) is 11.5. The third-order valence-corrected chi connectivity index (χ3v) is 4.37. The van der Waals surface area contributed by atoms with E-state index in [0.29, 0.717) is 12.2 Å². The summed E-state index contributed by atoms with van der Waals surface area (Å²) >= 11 is 0. The van der Waals surface area contributed by atoms with Gasteiger partial charge in [0, 0.05) is 19.8 Å². The summed E-state index contributed by atoms with van der Waals surface area (Å²) in [6, 6.07) is 9.04. The fourth-order valence-electron chi connectivity index (χ4n) is 1.75. The van der Waals surface area contributed by atoms with Gasteiger partial charge in [-0.05, 0) is 36.2 Å². The van der Waals surface area contributed by atoms with Crippen LogP contribution < -0.4 is 10.0 Å². The number of sulfonamides is 1. The van der Waals surface area contributed by atoms with Crippen LogP contribution in [0.2, 0.25) is 0 Å². The molecule has 0 aliphatic rings. The summed E-state index contributed by atoms with van der Waals surface area (Å²) in [6.07, 6.45) is 1.79. The molecule has 5 nitrogen and oxygen atoms in total. The zero-order valence-corrected chi connectivity index (χ0v) is 12.3. The molecule has 0 unspecified atom stereocenters. The van der Waals surface area contributed by atoms with Crippen LogP contribution in [0.25, 0.3) is 0 Å². The van der Waals surface area contributed by atoms with Gasteiger partial charge in [0.25, 0.3) is 0 Å². The minimum atomic E-state index is -3.58. The van der Waals surface area contributed by atoms with Crippen LogP contribution in [0.4, 0.5) is 10.2 Å². The highest BCUT2D eigenvalue weighted by atomic mass is 32.2. The molecule has 1 aromatic heterocycles. The highest BCUT2D eigenvalue weighted by molar-refractivity contribution is 7.89. The van der Waals surface area contributed by atoms with Gasteiger partial charge < -0.3 is 5.32 Å². The lowest BCUT2D eigenvalue weighted by Gasteiger charge is -2.07. The van der Waals surface area contributed by atoms with Crippen molar-refractivity contribution >= 4 is 15.8 Å². The van der Waals surface area contributed by atoms with Crippen LogP contribution in [-0.2, 0) is 16.4 Å². The Labute approximate surface area is 123 Å². The predicted molar refractivity (Wildman–Crippen MR) is 79.1 cm³/mol. The number of hydrogen-bond acceptors (Lipinski definition) is 4. The Morgan fingerprint density at radius 2 is 1.86 bits per heavy atom. The van der Waals surface area contributed by atoms with Gasteiger partial charge in [-0.3, -0.25) is 0 Å². The van der Waals surface area contributed by atoms with E-state index < -0.39 is 10.0 Å². The van der Waals surface area contributed by atoms with Crippen LogP contribution in [0.15, 0.2) is 47.5 Å². The molecule has 2 rings (SSSR count). The van der Waals surface area contributed by atoms with Crippen LogP contribution in [0, 0.1) is 5.82 Å². The van der Waals surface area contributed by atoms with E-state index in [1.807, 2.05) is 0 Å². The number of nitrogens with one attached hydrogen (secondary N) is 2. The Balaban J connectivity index is 1.95. The molecule has 0 radical (unpaired) electrons. The SMILES string of the molecule is CNc1ccc(S(=O)(=O)NCCc2ccc(F)cc2)cn1. The number of benzene rings is 1. The molecule has 0 bridgehead atoms. The van der Waals surface area contributed by atoms with E-state index in [1.165, 1.54) is 24.4 Å². The first-order chi connectivity index (χ1) is 10.0. The summed E-state index contributed by atoms with van der Waals surface area (Å²) < 4.78 is 39.3. The van der Waals surface area contributed by atoms with E-state index in [9.17, 15) is 12.8 Å². The molecular weight excluding hydrogens is 293 g/mol. The normalized spacial score (nSPS) is 11.3. The first-order valence-electron chi connectivity index (χ1n) is 6.39. The lowest BCUT2D eigenvalue weighted by Crippen LogP contribution is -2.26. The maximum absolute atomic E-state index is 12.8. The minimum absolute atomic E-state index is 0.112. The monoisotopic (exact) mass is 309 g/mol. The largest absolute Gasteiger partial charge is 0.373 e. The Morgan fingerprint density at radius 3 is 2.43 bits per heavy atom. The highest BCUT2D eigenvalue weighted by Gasteiger charge is 2.13. The van der Waals surface area contributed by atoms with Crippen LogP contribution >= 0.6 is 0 Å². The van der Waals surface area contributed by atoms with Crippen molar-refractivity contribution in [2.45, 2.75) is 11.3 Å². The zero-order chi connectivity index (χ0) is 15.3. The van der Waals surface area contributed by atoms with Gasteiger partial charge in [0.15, 0.2) is 0 Å². The first kappa shape index (κ1) is 15.4. The van der Waals surface area contributed by atoms with Gasteiger partial charge >= 0.3 is 0 Å². The van der Waals surface area contributed by atoms with Crippen LogP contribution in [0.1, 0.15) is 5.56 Å². The van der Waals surface area contributed by atoms with E-state index in [-0.39, 0.29) is 17.3 Å². The van der Waals surface area contributed by atoms with Gasteiger partial charge in [-0.2, -0.15) is 0 Å². The van der Waals surface area contributed by atoms with E-state index in [4.69, 9.17) is 0 Å². The smallest absolute Gasteiger partial charge is 0.242 e. The van der Waals surface area contributed by atoms with Crippen LogP contribution in [0.5, 0.6) is 0 Å². The molecule has 1 aromatic carbocycles. The third-order valence-electron chi connectivity index (χ3n) is 2.92. The summed E-state index contributed by atoms with van der Waals surface area (Å²) in [6.45, 7) is 0.238. The Bertz CT molecular complexity index is 685. The number of rotatable bonds is 6. The molecule has 2 N–H and O–H groups in total. The average Bonchev–Trinajstić information content (AvgIpc) is 2.49. The Morgan fingerprint density at radius 1 is 1.14 bits per heavy atom. The fourth-order valence-corrected chi connectivity index (χ4v) is 2.73. The van der Waals surface area contributed by atoms with Crippen molar-refractivity contribution in [2.24, 2.45) is 0 Å². The second-order valence-electron chi connectivity index (χ2n) is 4.40. The van der Waals surface area contributed by atoms with E-state index >= 15 is 0 Å². The molecule has 1 heterocycles. The first-order valence-corrected chi connectivity index (χ1v) is 7.87. The fraction of sp³-hybridized carbons (Fsp3) is 0.214. The Hall–Kier alpha value is -1.99. The molecule has 7 heteroatoms. The lowest BCUT2D eigenvalue weighted by atomic mass is 10.1. The molecule has 0 spiro atoms. The van der Waals surface area contributed by atoms with Gasteiger partial charge in [0.2, 0.25) is 10.0 Å². The van der Waals surface area contributed by atoms with E-state index in [0.717, 1.165) is 5.56 Å². The molecular formula is C14H16FN3O2S. The number of halogens is 1. The summed E-state index contributed by atoms with van der Waals surface area (Å²) in [5, 5.41) is 2.82. The van der Waals surface area contributed by atoms with Gasteiger partial charge in [-0.1, -0.05) is 12.1 Å². The van der Waals surface area contributed by atoms with Crippen molar-refractivity contribution in [1.82, 2.24) is 9.71 Å². The third kappa shape index (κ3) is 4.24. The molecule has 0 aliphatic carbocycles. The summed E-state index contributed by atoms with van der Waals surface area (Å²) in [5.74, 6) is 0.287. The number of anilines is 1. The number of hydrogen-bond donors (Lipinski definition) is 2. The number of pyridine rings is 1. The second kappa shape index (κ2) is 6.64. The molecule has 0 atom stereocenters. The molecule has 0 aliphatic heterocycles. The molecule has 2 aromatic rings. The molecule has 0 saturated carbocycles. The van der Waals surface area contributed by atoms with Crippen LogP contribution in [-0.4, -0.2) is 27.0 Å². The topological polar surface area (TPSA) is 71.1 Å². The number of aromatic nitrogens is 1. The lowest BCUT2D eigenvalue weighted by molar-refractivity contribution is 0.581. The van der Waals surface area contributed by atoms with Crippen molar-refractivity contribution in [3.8, 4) is 0 Å². The summed E-state index contributed by atoms with van der Waals surface area (Å²) in [7, 11) is -1.87. The Kier molecular flexibility index (Phi) is 4.87. The quantitative estimate of drug-likeness (QED) is 0.853. The van der Waals surface area contributed by atoms with Crippen molar-refractivity contribution in [1.29, 1.82) is 0 Å². The minimum Gasteiger partial charge on any atom is -0.373 e. The summed E-state index contributed by atoms with van der Waals surface area (Å²) in [5.41, 5.74) is 0.864. The molecule has 112 valence electrons. The highest BCUT2D eigenvalue weighted by Crippen LogP contribution is 2.10. The van der Waals surface area contributed by atoms with Gasteiger partial charge in [-0.25, -0.2) is 22.5 Å². The molecule has 0 amide bonds. The van der Waals surface area contributed by atoms with Crippen molar-refractivity contribution in [3.05, 3.63) is 54.0 Å². The van der Waals surface area contributed by atoms with Crippen molar-refractivity contribution in [2.75, 3.05) is 18.9 Å². The second-order valence-corrected chi connectivity index (χ2v) is 6.17.